The summed E-state index contributed by atoms with van der Waals surface area (Å²) in [6, 6.07) is 19.2. The number of aryl methyl sites for hydroxylation is 3. The van der Waals surface area contributed by atoms with E-state index in [0.717, 1.165) is 28.8 Å². The number of nitrogens with one attached hydrogen (secondary N) is 3. The lowest BCUT2D eigenvalue weighted by Crippen LogP contribution is -2.31. The maximum atomic E-state index is 13.7. The number of carbonyl (C=O) groups excluding carboxylic acids is 2. The molecule has 7 nitrogen and oxygen atoms in total. The molecule has 0 fully saturated rings. The Morgan fingerprint density at radius 3 is 2.55 bits per heavy atom. The molecule has 4 rings (SSSR count). The highest BCUT2D eigenvalue weighted by Crippen LogP contribution is 2.41. The number of furan rings is 1. The zero-order valence-corrected chi connectivity index (χ0v) is 22.7. The standard InChI is InChI=1S/C30H30N4O3S/c1-5-21-11-7-10-19(3)28(21)34-29(36)26-20(4)32-30(23(16-31)27(26)24-13-8-14-37-24)38-17-25(35)33-22-12-6-9-18(2)15-22/h6-15,27,32H,5,17H2,1-4H3,(H,33,35)(H,34,36)/t27-/m0/s1. The minimum atomic E-state index is -0.715. The van der Waals surface area contributed by atoms with Crippen LogP contribution in [0, 0.1) is 25.2 Å². The van der Waals surface area contributed by atoms with Crippen molar-refractivity contribution in [2.24, 2.45) is 0 Å². The van der Waals surface area contributed by atoms with Crippen molar-refractivity contribution in [1.29, 1.82) is 5.26 Å². The number of carbonyl (C=O) groups is 2. The molecule has 38 heavy (non-hydrogen) atoms. The molecule has 8 heteroatoms. The third-order valence-electron chi connectivity index (χ3n) is 6.35. The fraction of sp³-hybridized carbons (Fsp3) is 0.233. The lowest BCUT2D eigenvalue weighted by atomic mass is 9.85. The van der Waals surface area contributed by atoms with Gasteiger partial charge in [-0.05, 0) is 68.1 Å². The van der Waals surface area contributed by atoms with Gasteiger partial charge in [0.1, 0.15) is 5.76 Å². The van der Waals surface area contributed by atoms with E-state index < -0.39 is 5.92 Å². The highest BCUT2D eigenvalue weighted by atomic mass is 32.2. The molecular weight excluding hydrogens is 496 g/mol. The van der Waals surface area contributed by atoms with Gasteiger partial charge >= 0.3 is 0 Å². The van der Waals surface area contributed by atoms with Crippen molar-refractivity contribution in [3.63, 3.8) is 0 Å². The molecule has 3 aromatic rings. The summed E-state index contributed by atoms with van der Waals surface area (Å²) in [5, 5.41) is 19.9. The Morgan fingerprint density at radius 1 is 1.08 bits per heavy atom. The summed E-state index contributed by atoms with van der Waals surface area (Å²) in [5.74, 6) is -0.652. The van der Waals surface area contributed by atoms with E-state index in [2.05, 4.69) is 22.0 Å². The van der Waals surface area contributed by atoms with E-state index in [9.17, 15) is 14.9 Å². The van der Waals surface area contributed by atoms with E-state index in [4.69, 9.17) is 4.42 Å². The van der Waals surface area contributed by atoms with Gasteiger partial charge in [-0.1, -0.05) is 49.0 Å². The first-order valence-corrected chi connectivity index (χ1v) is 13.4. The zero-order valence-electron chi connectivity index (χ0n) is 21.8. The Labute approximate surface area is 227 Å². The van der Waals surface area contributed by atoms with Gasteiger partial charge in [-0.25, -0.2) is 0 Å². The van der Waals surface area contributed by atoms with Gasteiger partial charge in [-0.3, -0.25) is 9.59 Å². The molecule has 0 spiro atoms. The number of benzene rings is 2. The van der Waals surface area contributed by atoms with Crippen molar-refractivity contribution in [1.82, 2.24) is 5.32 Å². The molecule has 0 saturated carbocycles. The summed E-state index contributed by atoms with van der Waals surface area (Å²) in [6.45, 7) is 7.75. The number of dihydropyridines is 1. The topological polar surface area (TPSA) is 107 Å². The van der Waals surface area contributed by atoms with E-state index in [1.165, 1.54) is 18.0 Å². The van der Waals surface area contributed by atoms with Gasteiger partial charge in [0.25, 0.3) is 5.91 Å². The van der Waals surface area contributed by atoms with Crippen molar-refractivity contribution in [3.05, 3.63) is 105 Å². The molecule has 0 bridgehead atoms. The van der Waals surface area contributed by atoms with Crippen LogP contribution in [0.4, 0.5) is 11.4 Å². The van der Waals surface area contributed by atoms with Crippen molar-refractivity contribution < 1.29 is 14.0 Å². The Balaban J connectivity index is 1.61. The normalized spacial score (nSPS) is 15.1. The maximum absolute atomic E-state index is 13.7. The van der Waals surface area contributed by atoms with Gasteiger partial charge in [-0.2, -0.15) is 5.26 Å². The van der Waals surface area contributed by atoms with Crippen LogP contribution in [0.3, 0.4) is 0 Å². The van der Waals surface area contributed by atoms with Crippen LogP contribution >= 0.6 is 11.8 Å². The monoisotopic (exact) mass is 526 g/mol. The first-order chi connectivity index (χ1) is 18.3. The number of para-hydroxylation sites is 1. The number of anilines is 2. The van der Waals surface area contributed by atoms with Crippen LogP contribution in [0.5, 0.6) is 0 Å². The highest BCUT2D eigenvalue weighted by Gasteiger charge is 2.36. The zero-order chi connectivity index (χ0) is 27.2. The molecule has 194 valence electrons. The first kappa shape index (κ1) is 26.8. The van der Waals surface area contributed by atoms with Gasteiger partial charge < -0.3 is 20.4 Å². The summed E-state index contributed by atoms with van der Waals surface area (Å²) < 4.78 is 5.70. The fourth-order valence-corrected chi connectivity index (χ4v) is 5.40. The SMILES string of the molecule is CCc1cccc(C)c1NC(=O)C1=C(C)NC(SCC(=O)Nc2cccc(C)c2)=C(C#N)[C@H]1c1ccco1. The molecule has 0 saturated heterocycles. The second kappa shape index (κ2) is 11.9. The Hall–Kier alpha value is -4.22. The van der Waals surface area contributed by atoms with Crippen LogP contribution in [0.1, 0.15) is 42.2 Å². The number of allylic oxidation sites excluding steroid dienone is 2. The molecule has 1 aliphatic heterocycles. The molecular formula is C30H30N4O3S. The third kappa shape index (κ3) is 5.84. The second-order valence-corrected chi connectivity index (χ2v) is 10.1. The molecule has 1 aliphatic rings. The molecule has 2 heterocycles. The van der Waals surface area contributed by atoms with Crippen LogP contribution < -0.4 is 16.0 Å². The molecule has 1 aromatic heterocycles. The fourth-order valence-electron chi connectivity index (χ4n) is 4.51. The molecule has 2 aromatic carbocycles. The second-order valence-electron chi connectivity index (χ2n) is 9.09. The molecule has 2 amide bonds. The van der Waals surface area contributed by atoms with Crippen LogP contribution in [0.15, 0.2) is 87.1 Å². The number of rotatable bonds is 8. The minimum Gasteiger partial charge on any atom is -0.468 e. The predicted octanol–water partition coefficient (Wildman–Crippen LogP) is 6.17. The van der Waals surface area contributed by atoms with E-state index in [-0.39, 0.29) is 17.6 Å². The Morgan fingerprint density at radius 2 is 1.87 bits per heavy atom. The molecule has 3 N–H and O–H groups in total. The summed E-state index contributed by atoms with van der Waals surface area (Å²) >= 11 is 1.22. The lowest BCUT2D eigenvalue weighted by molar-refractivity contribution is -0.114. The van der Waals surface area contributed by atoms with Crippen LogP contribution in [0.25, 0.3) is 0 Å². The first-order valence-electron chi connectivity index (χ1n) is 12.4. The molecule has 0 aliphatic carbocycles. The number of nitriles is 1. The van der Waals surface area contributed by atoms with Gasteiger partial charge in [0, 0.05) is 17.1 Å². The summed E-state index contributed by atoms with van der Waals surface area (Å²) in [5.41, 5.74) is 5.84. The van der Waals surface area contributed by atoms with E-state index in [0.29, 0.717) is 33.3 Å². The average Bonchev–Trinajstić information content (AvgIpc) is 3.43. The van der Waals surface area contributed by atoms with Crippen LogP contribution in [-0.2, 0) is 16.0 Å². The third-order valence-corrected chi connectivity index (χ3v) is 7.36. The molecule has 0 unspecified atom stereocenters. The summed E-state index contributed by atoms with van der Waals surface area (Å²) in [7, 11) is 0. The quantitative estimate of drug-likeness (QED) is 0.324. The smallest absolute Gasteiger partial charge is 0.254 e. The van der Waals surface area contributed by atoms with Crippen molar-refractivity contribution in [2.45, 2.75) is 40.0 Å². The number of nitrogens with zero attached hydrogens (tertiary/aromatic N) is 1. The number of amides is 2. The number of hydrogen-bond acceptors (Lipinski definition) is 6. The Bertz CT molecular complexity index is 1460. The highest BCUT2D eigenvalue weighted by molar-refractivity contribution is 8.03. The van der Waals surface area contributed by atoms with Gasteiger partial charge in [0.05, 0.1) is 40.2 Å². The van der Waals surface area contributed by atoms with Crippen molar-refractivity contribution >= 4 is 35.0 Å². The Kier molecular flexibility index (Phi) is 8.39. The molecule has 0 radical (unpaired) electrons. The van der Waals surface area contributed by atoms with Gasteiger partial charge in [-0.15, -0.1) is 0 Å². The maximum Gasteiger partial charge on any atom is 0.254 e. The van der Waals surface area contributed by atoms with Crippen LogP contribution in [0.2, 0.25) is 0 Å². The lowest BCUT2D eigenvalue weighted by Gasteiger charge is -2.28. The van der Waals surface area contributed by atoms with Crippen molar-refractivity contribution in [2.75, 3.05) is 16.4 Å². The van der Waals surface area contributed by atoms with Gasteiger partial charge in [0.2, 0.25) is 5.91 Å². The number of thioether (sulfide) groups is 1. The van der Waals surface area contributed by atoms with Crippen LogP contribution in [-0.4, -0.2) is 17.6 Å². The van der Waals surface area contributed by atoms with E-state index >= 15 is 0 Å². The van der Waals surface area contributed by atoms with Gasteiger partial charge in [0.15, 0.2) is 0 Å². The number of hydrogen-bond donors (Lipinski definition) is 3. The summed E-state index contributed by atoms with van der Waals surface area (Å²) in [4.78, 5) is 26.4. The summed E-state index contributed by atoms with van der Waals surface area (Å²) in [6.07, 6.45) is 2.29. The van der Waals surface area contributed by atoms with Crippen molar-refractivity contribution in [3.8, 4) is 6.07 Å². The van der Waals surface area contributed by atoms with E-state index in [1.807, 2.05) is 63.2 Å². The predicted molar refractivity (Wildman–Crippen MR) is 151 cm³/mol. The largest absolute Gasteiger partial charge is 0.468 e. The average molecular weight is 527 g/mol. The minimum absolute atomic E-state index is 0.0875. The van der Waals surface area contributed by atoms with E-state index in [1.54, 1.807) is 19.1 Å². The molecule has 1 atom stereocenters.